The molecule has 0 aliphatic heterocycles. The second-order valence-corrected chi connectivity index (χ2v) is 5.93. The molecule has 3 rings (SSSR count). The predicted octanol–water partition coefficient (Wildman–Crippen LogP) is 3.47. The second-order valence-electron chi connectivity index (χ2n) is 5.93. The topological polar surface area (TPSA) is 55.1 Å². The molecule has 1 heterocycles. The standard InChI is InChI=1S/C17H20N2O2/c1-13-11-18-19(12-13)15-8-4-3-7-14(15)17(16(20)21)9-5-2-6-10-17/h3-4,7-8,11-12H,2,5-6,9-10H2,1H3,(H,20,21). The van der Waals surface area contributed by atoms with Crippen LogP contribution in [0.2, 0.25) is 0 Å². The molecule has 0 spiro atoms. The number of benzene rings is 1. The summed E-state index contributed by atoms with van der Waals surface area (Å²) in [6.45, 7) is 1.99. The Labute approximate surface area is 124 Å². The van der Waals surface area contributed by atoms with Crippen molar-refractivity contribution in [1.29, 1.82) is 0 Å². The first-order chi connectivity index (χ1) is 10.1. The zero-order valence-corrected chi connectivity index (χ0v) is 12.2. The maximum absolute atomic E-state index is 12.0. The van der Waals surface area contributed by atoms with E-state index in [-0.39, 0.29) is 0 Å². The van der Waals surface area contributed by atoms with Crippen LogP contribution in [0.25, 0.3) is 5.69 Å². The molecule has 4 nitrogen and oxygen atoms in total. The normalized spacial score (nSPS) is 17.6. The fraction of sp³-hybridized carbons (Fsp3) is 0.412. The maximum Gasteiger partial charge on any atom is 0.314 e. The lowest BCUT2D eigenvalue weighted by Gasteiger charge is -2.34. The maximum atomic E-state index is 12.0. The number of aliphatic carboxylic acids is 1. The van der Waals surface area contributed by atoms with Gasteiger partial charge < -0.3 is 5.11 Å². The third-order valence-electron chi connectivity index (χ3n) is 4.49. The highest BCUT2D eigenvalue weighted by Gasteiger charge is 2.42. The van der Waals surface area contributed by atoms with Crippen LogP contribution in [0.3, 0.4) is 0 Å². The SMILES string of the molecule is Cc1cnn(-c2ccccc2C2(C(=O)O)CCCCC2)c1. The lowest BCUT2D eigenvalue weighted by molar-refractivity contribution is -0.145. The van der Waals surface area contributed by atoms with Crippen LogP contribution in [-0.2, 0) is 10.2 Å². The summed E-state index contributed by atoms with van der Waals surface area (Å²) in [7, 11) is 0. The lowest BCUT2D eigenvalue weighted by Crippen LogP contribution is -2.38. The molecule has 0 bridgehead atoms. The fourth-order valence-corrected chi connectivity index (χ4v) is 3.38. The van der Waals surface area contributed by atoms with Crippen molar-refractivity contribution in [2.45, 2.75) is 44.4 Å². The van der Waals surface area contributed by atoms with E-state index in [1.807, 2.05) is 37.4 Å². The van der Waals surface area contributed by atoms with Gasteiger partial charge in [-0.3, -0.25) is 4.79 Å². The van der Waals surface area contributed by atoms with Crippen LogP contribution in [0.5, 0.6) is 0 Å². The van der Waals surface area contributed by atoms with E-state index >= 15 is 0 Å². The van der Waals surface area contributed by atoms with Crippen molar-refractivity contribution in [1.82, 2.24) is 9.78 Å². The average Bonchev–Trinajstić information content (AvgIpc) is 2.94. The molecule has 1 saturated carbocycles. The van der Waals surface area contributed by atoms with Crippen molar-refractivity contribution in [2.24, 2.45) is 0 Å². The smallest absolute Gasteiger partial charge is 0.314 e. The number of para-hydroxylation sites is 1. The molecule has 0 unspecified atom stereocenters. The van der Waals surface area contributed by atoms with Crippen LogP contribution in [-0.4, -0.2) is 20.9 Å². The van der Waals surface area contributed by atoms with E-state index in [1.54, 1.807) is 10.9 Å². The molecular weight excluding hydrogens is 264 g/mol. The molecule has 0 atom stereocenters. The molecule has 0 saturated heterocycles. The third kappa shape index (κ3) is 2.35. The van der Waals surface area contributed by atoms with Gasteiger partial charge in [-0.1, -0.05) is 37.5 Å². The summed E-state index contributed by atoms with van der Waals surface area (Å²) >= 11 is 0. The Bertz CT molecular complexity index is 654. The zero-order chi connectivity index (χ0) is 14.9. The molecule has 1 aromatic heterocycles. The highest BCUT2D eigenvalue weighted by molar-refractivity contribution is 5.83. The summed E-state index contributed by atoms with van der Waals surface area (Å²) in [6.07, 6.45) is 8.22. The van der Waals surface area contributed by atoms with Gasteiger partial charge in [-0.2, -0.15) is 5.10 Å². The monoisotopic (exact) mass is 284 g/mol. The number of nitrogens with zero attached hydrogens (tertiary/aromatic N) is 2. The van der Waals surface area contributed by atoms with Crippen LogP contribution < -0.4 is 0 Å². The van der Waals surface area contributed by atoms with Crippen molar-refractivity contribution in [3.8, 4) is 5.69 Å². The lowest BCUT2D eigenvalue weighted by atomic mass is 9.69. The largest absolute Gasteiger partial charge is 0.481 e. The highest BCUT2D eigenvalue weighted by atomic mass is 16.4. The van der Waals surface area contributed by atoms with Crippen LogP contribution in [0.4, 0.5) is 0 Å². The van der Waals surface area contributed by atoms with Gasteiger partial charge in [0.1, 0.15) is 0 Å². The Hall–Kier alpha value is -2.10. The van der Waals surface area contributed by atoms with Crippen molar-refractivity contribution >= 4 is 5.97 Å². The fourth-order valence-electron chi connectivity index (χ4n) is 3.38. The molecule has 1 aliphatic rings. The number of hydrogen-bond donors (Lipinski definition) is 1. The number of carboxylic acids is 1. The minimum absolute atomic E-state index is 0.708. The Morgan fingerprint density at radius 3 is 2.57 bits per heavy atom. The molecule has 0 radical (unpaired) electrons. The van der Waals surface area contributed by atoms with E-state index in [0.29, 0.717) is 12.8 Å². The van der Waals surface area contributed by atoms with Gasteiger partial charge in [0.25, 0.3) is 0 Å². The Morgan fingerprint density at radius 1 is 1.24 bits per heavy atom. The van der Waals surface area contributed by atoms with Crippen LogP contribution in [0, 0.1) is 6.92 Å². The van der Waals surface area contributed by atoms with Gasteiger partial charge in [0.05, 0.1) is 17.3 Å². The minimum atomic E-state index is -0.769. The van der Waals surface area contributed by atoms with Crippen LogP contribution >= 0.6 is 0 Å². The Kier molecular flexibility index (Phi) is 3.53. The number of carbonyl (C=O) groups is 1. The van der Waals surface area contributed by atoms with E-state index in [9.17, 15) is 9.90 Å². The number of aromatic nitrogens is 2. The number of hydrogen-bond acceptors (Lipinski definition) is 2. The van der Waals surface area contributed by atoms with E-state index < -0.39 is 11.4 Å². The summed E-state index contributed by atoms with van der Waals surface area (Å²) in [5, 5.41) is 14.2. The predicted molar refractivity (Wildman–Crippen MR) is 80.7 cm³/mol. The first-order valence-corrected chi connectivity index (χ1v) is 7.48. The molecule has 110 valence electrons. The first-order valence-electron chi connectivity index (χ1n) is 7.48. The molecule has 21 heavy (non-hydrogen) atoms. The Morgan fingerprint density at radius 2 is 1.95 bits per heavy atom. The highest BCUT2D eigenvalue weighted by Crippen LogP contribution is 2.42. The summed E-state index contributed by atoms with van der Waals surface area (Å²) in [5.74, 6) is -0.710. The minimum Gasteiger partial charge on any atom is -0.481 e. The van der Waals surface area contributed by atoms with Gasteiger partial charge >= 0.3 is 5.97 Å². The van der Waals surface area contributed by atoms with Crippen molar-refractivity contribution in [3.05, 3.63) is 47.8 Å². The van der Waals surface area contributed by atoms with Crippen LogP contribution in [0.1, 0.15) is 43.2 Å². The molecule has 2 aromatic rings. The zero-order valence-electron chi connectivity index (χ0n) is 12.2. The van der Waals surface area contributed by atoms with Crippen LogP contribution in [0.15, 0.2) is 36.7 Å². The van der Waals surface area contributed by atoms with Crippen molar-refractivity contribution in [2.75, 3.05) is 0 Å². The molecule has 1 N–H and O–H groups in total. The summed E-state index contributed by atoms with van der Waals surface area (Å²) in [5.41, 5.74) is 2.07. The van der Waals surface area contributed by atoms with Crippen molar-refractivity contribution in [3.63, 3.8) is 0 Å². The van der Waals surface area contributed by atoms with Gasteiger partial charge in [-0.05, 0) is 37.0 Å². The molecule has 1 aromatic carbocycles. The van der Waals surface area contributed by atoms with E-state index in [4.69, 9.17) is 0 Å². The second kappa shape index (κ2) is 5.35. The molecular formula is C17H20N2O2. The van der Waals surface area contributed by atoms with Crippen molar-refractivity contribution < 1.29 is 9.90 Å². The van der Waals surface area contributed by atoms with E-state index in [0.717, 1.165) is 36.1 Å². The number of aryl methyl sites for hydroxylation is 1. The van der Waals surface area contributed by atoms with Gasteiger partial charge in [0, 0.05) is 6.20 Å². The van der Waals surface area contributed by atoms with E-state index in [2.05, 4.69) is 5.10 Å². The van der Waals surface area contributed by atoms with Gasteiger partial charge in [0.2, 0.25) is 0 Å². The molecule has 1 fully saturated rings. The number of rotatable bonds is 3. The third-order valence-corrected chi connectivity index (χ3v) is 4.49. The van der Waals surface area contributed by atoms with Gasteiger partial charge in [-0.15, -0.1) is 0 Å². The number of carboxylic acid groups (broad SMARTS) is 1. The molecule has 0 amide bonds. The quantitative estimate of drug-likeness (QED) is 0.939. The van der Waals surface area contributed by atoms with Gasteiger partial charge in [-0.25, -0.2) is 4.68 Å². The van der Waals surface area contributed by atoms with Gasteiger partial charge in [0.15, 0.2) is 0 Å². The molecule has 1 aliphatic carbocycles. The summed E-state index contributed by atoms with van der Waals surface area (Å²) in [6, 6.07) is 7.77. The Balaban J connectivity index is 2.15. The summed E-state index contributed by atoms with van der Waals surface area (Å²) < 4.78 is 1.80. The molecule has 4 heteroatoms. The van der Waals surface area contributed by atoms with E-state index in [1.165, 1.54) is 0 Å². The first kappa shape index (κ1) is 13.9. The summed E-state index contributed by atoms with van der Waals surface area (Å²) in [4.78, 5) is 12.0. The average molecular weight is 284 g/mol.